The van der Waals surface area contributed by atoms with Crippen LogP contribution in [0.5, 0.6) is 0 Å². The number of hydrogen-bond acceptors (Lipinski definition) is 3. The van der Waals surface area contributed by atoms with Gasteiger partial charge in [0.05, 0.1) is 23.1 Å². The van der Waals surface area contributed by atoms with Crippen LogP contribution in [-0.2, 0) is 9.59 Å². The molecule has 0 radical (unpaired) electrons. The molecule has 2 amide bonds. The number of para-hydroxylation sites is 1. The predicted molar refractivity (Wildman–Crippen MR) is 87.5 cm³/mol. The average Bonchev–Trinajstić information content (AvgIpc) is 2.71. The summed E-state index contributed by atoms with van der Waals surface area (Å²) in [7, 11) is 0. The summed E-state index contributed by atoms with van der Waals surface area (Å²) in [6.07, 6.45) is 1.13. The molecule has 0 spiro atoms. The van der Waals surface area contributed by atoms with Gasteiger partial charge in [-0.25, -0.2) is 9.69 Å². The van der Waals surface area contributed by atoms with Gasteiger partial charge in [-0.2, -0.15) is 0 Å². The van der Waals surface area contributed by atoms with Crippen molar-refractivity contribution in [3.05, 3.63) is 29.8 Å². The smallest absolute Gasteiger partial charge is 0.337 e. The second kappa shape index (κ2) is 5.77. The quantitative estimate of drug-likeness (QED) is 0.578. The minimum Gasteiger partial charge on any atom is -0.478 e. The molecule has 1 aliphatic heterocycles. The van der Waals surface area contributed by atoms with Crippen molar-refractivity contribution in [1.29, 1.82) is 0 Å². The summed E-state index contributed by atoms with van der Waals surface area (Å²) in [5.74, 6) is -2.51. The second-order valence-corrected chi connectivity index (χ2v) is 7.90. The number of halogens is 2. The highest BCUT2D eigenvalue weighted by Gasteiger charge is 2.52. The fourth-order valence-corrected chi connectivity index (χ4v) is 4.42. The molecule has 22 heavy (non-hydrogen) atoms. The zero-order valence-corrected chi connectivity index (χ0v) is 14.6. The molecule has 116 valence electrons. The molecule has 0 bridgehead atoms. The largest absolute Gasteiger partial charge is 0.478 e. The maximum absolute atomic E-state index is 12.7. The maximum atomic E-state index is 12.7. The topological polar surface area (TPSA) is 74.7 Å². The number of aromatic carboxylic acids is 1. The zero-order chi connectivity index (χ0) is 16.0. The van der Waals surface area contributed by atoms with E-state index in [9.17, 15) is 19.5 Å². The third kappa shape index (κ3) is 2.40. The third-order valence-electron chi connectivity index (χ3n) is 4.29. The number of carboxylic acids is 1. The zero-order valence-electron chi connectivity index (χ0n) is 11.4. The van der Waals surface area contributed by atoms with Crippen LogP contribution in [0.15, 0.2) is 24.3 Å². The number of benzene rings is 1. The van der Waals surface area contributed by atoms with Crippen molar-refractivity contribution in [2.24, 2.45) is 11.8 Å². The molecule has 2 aliphatic rings. The van der Waals surface area contributed by atoms with Crippen LogP contribution in [0.1, 0.15) is 23.2 Å². The molecule has 1 saturated heterocycles. The van der Waals surface area contributed by atoms with Gasteiger partial charge in [-0.1, -0.05) is 44.0 Å². The van der Waals surface area contributed by atoms with Crippen molar-refractivity contribution in [3.63, 3.8) is 0 Å². The Balaban J connectivity index is 2.01. The number of carbonyl (C=O) groups excluding carboxylic acids is 2. The summed E-state index contributed by atoms with van der Waals surface area (Å²) in [6, 6.07) is 6.12. The number of carboxylic acid groups (broad SMARTS) is 1. The average molecular weight is 431 g/mol. The summed E-state index contributed by atoms with van der Waals surface area (Å²) >= 11 is 7.06. The first-order valence-corrected chi connectivity index (χ1v) is 8.73. The van der Waals surface area contributed by atoms with E-state index in [1.807, 2.05) is 0 Å². The summed E-state index contributed by atoms with van der Waals surface area (Å²) in [5.41, 5.74) is 0.130. The number of rotatable bonds is 2. The molecule has 1 aromatic carbocycles. The first-order chi connectivity index (χ1) is 10.4. The van der Waals surface area contributed by atoms with Gasteiger partial charge in [-0.3, -0.25) is 9.59 Å². The molecule has 4 atom stereocenters. The van der Waals surface area contributed by atoms with Gasteiger partial charge in [-0.05, 0) is 25.0 Å². The van der Waals surface area contributed by atoms with E-state index in [0.29, 0.717) is 12.8 Å². The molecule has 0 unspecified atom stereocenters. The standard InChI is InChI=1S/C15H13Br2NO4/c16-10-5-8-9(6-11(10)17)14(20)18(13(8)19)12-4-2-1-3-7(12)15(21)22/h1-4,8-11H,5-6H2,(H,21,22)/t8-,9-,10+,11+/m1/s1. The van der Waals surface area contributed by atoms with Crippen LogP contribution in [0.3, 0.4) is 0 Å². The highest BCUT2D eigenvalue weighted by Crippen LogP contribution is 2.44. The molecule has 1 aromatic rings. The molecule has 0 aromatic heterocycles. The van der Waals surface area contributed by atoms with Gasteiger partial charge in [0.15, 0.2) is 0 Å². The lowest BCUT2D eigenvalue weighted by molar-refractivity contribution is -0.122. The highest BCUT2D eigenvalue weighted by atomic mass is 79.9. The van der Waals surface area contributed by atoms with Gasteiger partial charge >= 0.3 is 5.97 Å². The summed E-state index contributed by atoms with van der Waals surface area (Å²) < 4.78 is 0. The van der Waals surface area contributed by atoms with Crippen molar-refractivity contribution >= 4 is 55.3 Å². The fraction of sp³-hybridized carbons (Fsp3) is 0.400. The van der Waals surface area contributed by atoms with Crippen LogP contribution in [0.4, 0.5) is 5.69 Å². The molecule has 2 fully saturated rings. The van der Waals surface area contributed by atoms with E-state index < -0.39 is 5.97 Å². The molecule has 1 aliphatic carbocycles. The Hall–Kier alpha value is -1.21. The first-order valence-electron chi connectivity index (χ1n) is 6.90. The van der Waals surface area contributed by atoms with Crippen LogP contribution in [-0.4, -0.2) is 32.5 Å². The number of anilines is 1. The maximum Gasteiger partial charge on any atom is 0.337 e. The van der Waals surface area contributed by atoms with E-state index in [1.165, 1.54) is 12.1 Å². The van der Waals surface area contributed by atoms with Gasteiger partial charge in [0.2, 0.25) is 11.8 Å². The van der Waals surface area contributed by atoms with Crippen molar-refractivity contribution < 1.29 is 19.5 Å². The van der Waals surface area contributed by atoms with Gasteiger partial charge in [0.1, 0.15) is 0 Å². The highest BCUT2D eigenvalue weighted by molar-refractivity contribution is 9.12. The molecule has 7 heteroatoms. The summed E-state index contributed by atoms with van der Waals surface area (Å²) in [5, 5.41) is 9.28. The normalized spacial score (nSPS) is 31.3. The Kier molecular flexibility index (Phi) is 4.11. The fourth-order valence-electron chi connectivity index (χ4n) is 3.18. The number of carbonyl (C=O) groups is 3. The van der Waals surface area contributed by atoms with Gasteiger partial charge < -0.3 is 5.11 Å². The minimum absolute atomic E-state index is 0.0337. The molecular formula is C15H13Br2NO4. The Labute approximate surface area is 143 Å². The number of nitrogens with zero attached hydrogens (tertiary/aromatic N) is 1. The monoisotopic (exact) mass is 429 g/mol. The van der Waals surface area contributed by atoms with E-state index in [0.717, 1.165) is 4.90 Å². The lowest BCUT2D eigenvalue weighted by Gasteiger charge is -2.29. The van der Waals surface area contributed by atoms with Crippen LogP contribution >= 0.6 is 31.9 Å². The minimum atomic E-state index is -1.15. The van der Waals surface area contributed by atoms with Gasteiger partial charge in [0, 0.05) is 9.65 Å². The van der Waals surface area contributed by atoms with E-state index in [-0.39, 0.29) is 44.6 Å². The lowest BCUT2D eigenvalue weighted by Crippen LogP contribution is -2.34. The van der Waals surface area contributed by atoms with Crippen LogP contribution in [0.25, 0.3) is 0 Å². The van der Waals surface area contributed by atoms with Crippen LogP contribution < -0.4 is 4.90 Å². The second-order valence-electron chi connectivity index (χ2n) is 5.55. The lowest BCUT2D eigenvalue weighted by atomic mass is 9.81. The number of amides is 2. The van der Waals surface area contributed by atoms with Crippen LogP contribution in [0, 0.1) is 11.8 Å². The molecule has 1 saturated carbocycles. The van der Waals surface area contributed by atoms with Crippen LogP contribution in [0.2, 0.25) is 0 Å². The molecule has 1 heterocycles. The molecular weight excluding hydrogens is 418 g/mol. The number of imide groups is 1. The van der Waals surface area contributed by atoms with Gasteiger partial charge in [0.25, 0.3) is 0 Å². The van der Waals surface area contributed by atoms with Crippen molar-refractivity contribution in [2.75, 3.05) is 4.90 Å². The number of hydrogen-bond donors (Lipinski definition) is 1. The number of alkyl halides is 2. The van der Waals surface area contributed by atoms with Crippen molar-refractivity contribution in [3.8, 4) is 0 Å². The van der Waals surface area contributed by atoms with E-state index in [4.69, 9.17) is 0 Å². The molecule has 3 rings (SSSR count). The molecule has 1 N–H and O–H groups in total. The van der Waals surface area contributed by atoms with Crippen molar-refractivity contribution in [2.45, 2.75) is 22.5 Å². The Bertz CT molecular complexity index is 635. The summed E-state index contributed by atoms with van der Waals surface area (Å²) in [6.45, 7) is 0. The van der Waals surface area contributed by atoms with E-state index in [1.54, 1.807) is 12.1 Å². The number of fused-ring (bicyclic) bond motifs is 1. The Morgan fingerprint density at radius 3 is 2.05 bits per heavy atom. The first kappa shape index (κ1) is 15.7. The van der Waals surface area contributed by atoms with Crippen molar-refractivity contribution in [1.82, 2.24) is 0 Å². The van der Waals surface area contributed by atoms with E-state index in [2.05, 4.69) is 31.9 Å². The third-order valence-corrected chi connectivity index (χ3v) is 7.02. The Morgan fingerprint density at radius 2 is 1.55 bits per heavy atom. The van der Waals surface area contributed by atoms with E-state index >= 15 is 0 Å². The SMILES string of the molecule is O=C(O)c1ccccc1N1C(=O)[C@@H]2C[C@H](Br)[C@@H](Br)C[C@H]2C1=O. The molecule has 5 nitrogen and oxygen atoms in total. The predicted octanol–water partition coefficient (Wildman–Crippen LogP) is 2.81. The Morgan fingerprint density at radius 1 is 1.05 bits per heavy atom. The van der Waals surface area contributed by atoms with Gasteiger partial charge in [-0.15, -0.1) is 0 Å². The summed E-state index contributed by atoms with van der Waals surface area (Å²) in [4.78, 5) is 38.0.